The largest absolute Gasteiger partial charge is 0.453 e. The number of aromatic nitrogens is 1. The Bertz CT molecular complexity index is 1680. The average molecular weight is 682 g/mol. The third-order valence-electron chi connectivity index (χ3n) is 7.47. The molecule has 48 heavy (non-hydrogen) atoms. The van der Waals surface area contributed by atoms with E-state index in [-0.39, 0.29) is 42.4 Å². The van der Waals surface area contributed by atoms with Crippen molar-refractivity contribution in [3.8, 4) is 22.4 Å². The zero-order chi connectivity index (χ0) is 34.6. The summed E-state index contributed by atoms with van der Waals surface area (Å²) >= 11 is 6.14. The molecular formula is C35H37ClFN3O8. The molecule has 0 radical (unpaired) electrons. The molecule has 0 aliphatic carbocycles. The maximum absolute atomic E-state index is 14.3. The Morgan fingerprint density at radius 3 is 2.42 bits per heavy atom. The summed E-state index contributed by atoms with van der Waals surface area (Å²) in [6.45, 7) is 3.31. The van der Waals surface area contributed by atoms with Crippen LogP contribution in [0.15, 0.2) is 83.4 Å². The number of carbonyl (C=O) groups is 3. The monoisotopic (exact) mass is 681 g/mol. The zero-order valence-electron chi connectivity index (χ0n) is 26.7. The highest BCUT2D eigenvalue weighted by atomic mass is 35.5. The fourth-order valence-electron chi connectivity index (χ4n) is 4.76. The number of benzene rings is 3. The molecule has 0 saturated carbocycles. The molecule has 254 valence electrons. The van der Waals surface area contributed by atoms with Crippen LogP contribution in [0.5, 0.6) is 0 Å². The SMILES string of the molecule is COC(=O)N[C@H](COCOC(=O)[C@H](O)C[C@@H](Cc1ccc(-c2cccc(Cl)c2)cc1)NC(=O)c1cc(-c2ccccc2F)no1)C(C)C. The molecule has 3 atom stereocenters. The molecule has 1 aromatic heterocycles. The Balaban J connectivity index is 1.42. The van der Waals surface area contributed by atoms with Crippen LogP contribution >= 0.6 is 11.6 Å². The van der Waals surface area contributed by atoms with Gasteiger partial charge in [0.05, 0.1) is 19.8 Å². The van der Waals surface area contributed by atoms with Gasteiger partial charge >= 0.3 is 12.1 Å². The van der Waals surface area contributed by atoms with Crippen LogP contribution in [0, 0.1) is 11.7 Å². The number of rotatable bonds is 15. The van der Waals surface area contributed by atoms with Crippen molar-refractivity contribution in [1.82, 2.24) is 15.8 Å². The summed E-state index contributed by atoms with van der Waals surface area (Å²) in [5.74, 6) is -2.34. The molecular weight excluding hydrogens is 645 g/mol. The Labute approximate surface area is 282 Å². The van der Waals surface area contributed by atoms with Gasteiger partial charge in [0.25, 0.3) is 5.91 Å². The fraction of sp³-hybridized carbons (Fsp3) is 0.314. The third kappa shape index (κ3) is 10.4. The van der Waals surface area contributed by atoms with E-state index in [0.29, 0.717) is 5.02 Å². The molecule has 3 aromatic carbocycles. The molecule has 0 aliphatic rings. The minimum Gasteiger partial charge on any atom is -0.453 e. The van der Waals surface area contributed by atoms with E-state index in [1.807, 2.05) is 56.3 Å². The zero-order valence-corrected chi connectivity index (χ0v) is 27.4. The van der Waals surface area contributed by atoms with E-state index in [9.17, 15) is 23.9 Å². The smallest absolute Gasteiger partial charge is 0.407 e. The second-order valence-electron chi connectivity index (χ2n) is 11.3. The first-order valence-corrected chi connectivity index (χ1v) is 15.6. The Morgan fingerprint density at radius 2 is 1.73 bits per heavy atom. The molecule has 3 N–H and O–H groups in total. The first-order valence-electron chi connectivity index (χ1n) is 15.2. The molecule has 4 rings (SSSR count). The van der Waals surface area contributed by atoms with Crippen LogP contribution in [0.4, 0.5) is 9.18 Å². The number of halogens is 2. The van der Waals surface area contributed by atoms with E-state index >= 15 is 0 Å². The number of esters is 1. The molecule has 13 heteroatoms. The highest BCUT2D eigenvalue weighted by Crippen LogP contribution is 2.25. The normalized spacial score (nSPS) is 13.0. The lowest BCUT2D eigenvalue weighted by atomic mass is 9.97. The first kappa shape index (κ1) is 36.1. The quantitative estimate of drug-likeness (QED) is 0.0805. The van der Waals surface area contributed by atoms with E-state index in [1.165, 1.54) is 31.4 Å². The summed E-state index contributed by atoms with van der Waals surface area (Å²) in [6.07, 6.45) is -2.23. The number of aliphatic hydroxyl groups excluding tert-OH is 1. The number of nitrogens with one attached hydrogen (secondary N) is 2. The molecule has 0 aliphatic heterocycles. The Kier molecular flexibility index (Phi) is 13.1. The predicted octanol–water partition coefficient (Wildman–Crippen LogP) is 5.79. The predicted molar refractivity (Wildman–Crippen MR) is 175 cm³/mol. The van der Waals surface area contributed by atoms with Gasteiger partial charge in [0.15, 0.2) is 12.9 Å². The maximum atomic E-state index is 14.3. The van der Waals surface area contributed by atoms with Crippen LogP contribution in [0.1, 0.15) is 36.4 Å². The Hall–Kier alpha value is -4.78. The van der Waals surface area contributed by atoms with Crippen molar-refractivity contribution >= 4 is 29.6 Å². The lowest BCUT2D eigenvalue weighted by Crippen LogP contribution is -2.42. The van der Waals surface area contributed by atoms with Gasteiger partial charge in [0.1, 0.15) is 11.5 Å². The van der Waals surface area contributed by atoms with Crippen molar-refractivity contribution in [3.63, 3.8) is 0 Å². The minimum atomic E-state index is -1.62. The van der Waals surface area contributed by atoms with E-state index in [0.717, 1.165) is 16.7 Å². The standard InChI is InChI=1S/C35H37ClFN3O8/c1-21(2)30(39-35(44)45-3)19-46-20-47-34(43)31(41)17-26(15-22-11-13-23(14-12-22)24-7-6-8-25(36)16-24)38-33(42)32-18-29(40-48-32)27-9-4-5-10-28(27)37/h4-14,16,18,21,26,30-31,41H,15,17,19-20H2,1-3H3,(H,38,42)(H,39,44)/t26-,30-,31-/m1/s1. The van der Waals surface area contributed by atoms with Gasteiger partial charge in [-0.3, -0.25) is 4.79 Å². The lowest BCUT2D eigenvalue weighted by Gasteiger charge is -2.22. The van der Waals surface area contributed by atoms with Crippen molar-refractivity contribution in [2.75, 3.05) is 20.5 Å². The first-order chi connectivity index (χ1) is 23.0. The van der Waals surface area contributed by atoms with Crippen molar-refractivity contribution in [2.24, 2.45) is 5.92 Å². The van der Waals surface area contributed by atoms with Crippen LogP contribution in [0.2, 0.25) is 5.02 Å². The lowest BCUT2D eigenvalue weighted by molar-refractivity contribution is -0.167. The maximum Gasteiger partial charge on any atom is 0.407 e. The van der Waals surface area contributed by atoms with Crippen molar-refractivity contribution in [3.05, 3.63) is 101 Å². The fourth-order valence-corrected chi connectivity index (χ4v) is 4.95. The summed E-state index contributed by atoms with van der Waals surface area (Å²) in [4.78, 5) is 37.5. The summed E-state index contributed by atoms with van der Waals surface area (Å²) < 4.78 is 34.6. The van der Waals surface area contributed by atoms with E-state index in [1.54, 1.807) is 12.1 Å². The molecule has 0 bridgehead atoms. The highest BCUT2D eigenvalue weighted by molar-refractivity contribution is 6.30. The van der Waals surface area contributed by atoms with Crippen LogP contribution in [0.25, 0.3) is 22.4 Å². The second kappa shape index (κ2) is 17.4. The van der Waals surface area contributed by atoms with Crippen molar-refractivity contribution in [2.45, 2.75) is 44.9 Å². The van der Waals surface area contributed by atoms with Gasteiger partial charge in [-0.25, -0.2) is 14.0 Å². The van der Waals surface area contributed by atoms with Crippen molar-refractivity contribution < 1.29 is 42.6 Å². The average Bonchev–Trinajstić information content (AvgIpc) is 3.56. The second-order valence-corrected chi connectivity index (χ2v) is 11.8. The summed E-state index contributed by atoms with van der Waals surface area (Å²) in [5, 5.41) is 20.6. The number of aliphatic hydroxyl groups is 1. The minimum absolute atomic E-state index is 0.00137. The van der Waals surface area contributed by atoms with E-state index < -0.39 is 48.8 Å². The molecule has 4 aromatic rings. The summed E-state index contributed by atoms with van der Waals surface area (Å²) in [5.41, 5.74) is 2.96. The van der Waals surface area contributed by atoms with Gasteiger partial charge in [-0.2, -0.15) is 0 Å². The number of amides is 2. The van der Waals surface area contributed by atoms with Gasteiger partial charge in [0, 0.05) is 29.1 Å². The summed E-state index contributed by atoms with van der Waals surface area (Å²) in [7, 11) is 1.25. The number of hydrogen-bond acceptors (Lipinski definition) is 9. The van der Waals surface area contributed by atoms with E-state index in [4.69, 9.17) is 25.6 Å². The number of carbonyl (C=O) groups excluding carboxylic acids is 3. The number of hydrogen-bond donors (Lipinski definition) is 3. The van der Waals surface area contributed by atoms with Crippen LogP contribution < -0.4 is 10.6 Å². The highest BCUT2D eigenvalue weighted by Gasteiger charge is 2.26. The summed E-state index contributed by atoms with van der Waals surface area (Å²) in [6, 6.07) is 21.0. The van der Waals surface area contributed by atoms with Crippen LogP contribution in [0.3, 0.4) is 0 Å². The molecule has 0 spiro atoms. The van der Waals surface area contributed by atoms with Crippen LogP contribution in [-0.2, 0) is 25.4 Å². The van der Waals surface area contributed by atoms with Gasteiger partial charge in [-0.15, -0.1) is 0 Å². The number of ether oxygens (including phenoxy) is 3. The molecule has 2 amide bonds. The number of alkyl carbamates (subject to hydrolysis) is 1. The van der Waals surface area contributed by atoms with Gasteiger partial charge in [-0.05, 0) is 53.3 Å². The van der Waals surface area contributed by atoms with Gasteiger partial charge in [-0.1, -0.05) is 79.1 Å². The number of methoxy groups -OCH3 is 1. The molecule has 0 unspecified atom stereocenters. The van der Waals surface area contributed by atoms with Crippen LogP contribution in [-0.4, -0.2) is 66.9 Å². The number of nitrogens with zero attached hydrogens (tertiary/aromatic N) is 1. The topological polar surface area (TPSA) is 149 Å². The third-order valence-corrected chi connectivity index (χ3v) is 7.70. The van der Waals surface area contributed by atoms with Crippen molar-refractivity contribution in [1.29, 1.82) is 0 Å². The Morgan fingerprint density at radius 1 is 0.979 bits per heavy atom. The van der Waals surface area contributed by atoms with Gasteiger partial charge in [0.2, 0.25) is 5.76 Å². The molecule has 11 nitrogen and oxygen atoms in total. The molecule has 1 heterocycles. The van der Waals surface area contributed by atoms with Gasteiger partial charge < -0.3 is 34.5 Å². The molecule has 0 saturated heterocycles. The molecule has 0 fully saturated rings. The van der Waals surface area contributed by atoms with E-state index in [2.05, 4.69) is 20.5 Å².